The van der Waals surface area contributed by atoms with Gasteiger partial charge in [-0.2, -0.15) is 0 Å². The lowest BCUT2D eigenvalue weighted by Gasteiger charge is -2.69. The number of ether oxygens (including phenoxy) is 3. The number of carbonyl (C=O) groups excluding carboxylic acids is 3. The summed E-state index contributed by atoms with van der Waals surface area (Å²) in [5, 5.41) is 0. The molecule has 42 heavy (non-hydrogen) atoms. The van der Waals surface area contributed by atoms with E-state index in [1.54, 1.807) is 0 Å². The molecule has 6 heteroatoms. The van der Waals surface area contributed by atoms with Crippen LogP contribution in [0, 0.1) is 44.3 Å². The molecule has 0 saturated heterocycles. The summed E-state index contributed by atoms with van der Waals surface area (Å²) in [6.45, 7) is 21.5. The summed E-state index contributed by atoms with van der Waals surface area (Å²) in [6, 6.07) is 0. The second-order valence-corrected chi connectivity index (χ2v) is 16.5. The van der Waals surface area contributed by atoms with E-state index in [0.717, 1.165) is 44.9 Å². The molecule has 0 heterocycles. The minimum absolute atomic E-state index is 0.0213. The van der Waals surface area contributed by atoms with Gasteiger partial charge in [-0.15, -0.1) is 0 Å². The standard InChI is InChI=1S/C36H54O6/c1-22(37)40-21-32(6)19-26-25-11-12-28-34(8)15-14-29(41-23(2)38)31(4,5)27(34)13-16-36(28,10)35(25,9)18-17-33(26,7)30(20-32)42-24(3)39/h11-12,27-30H,13-21H2,1-10H3. The molecular weight excluding hydrogens is 528 g/mol. The van der Waals surface area contributed by atoms with Crippen molar-refractivity contribution >= 4 is 17.9 Å². The Hall–Kier alpha value is -2.11. The molecule has 0 aliphatic heterocycles. The van der Waals surface area contributed by atoms with Gasteiger partial charge in [-0.3, -0.25) is 14.4 Å². The van der Waals surface area contributed by atoms with E-state index < -0.39 is 0 Å². The van der Waals surface area contributed by atoms with Gasteiger partial charge in [0.2, 0.25) is 0 Å². The Morgan fingerprint density at radius 1 is 0.810 bits per heavy atom. The molecule has 3 fully saturated rings. The van der Waals surface area contributed by atoms with E-state index in [2.05, 4.69) is 60.6 Å². The summed E-state index contributed by atoms with van der Waals surface area (Å²) >= 11 is 0. The normalized spacial score (nSPS) is 45.5. The van der Waals surface area contributed by atoms with Crippen molar-refractivity contribution in [2.24, 2.45) is 44.3 Å². The highest BCUT2D eigenvalue weighted by Gasteiger charge is 2.67. The van der Waals surface area contributed by atoms with E-state index in [1.807, 2.05) is 0 Å². The predicted molar refractivity (Wildman–Crippen MR) is 162 cm³/mol. The lowest BCUT2D eigenvalue weighted by molar-refractivity contribution is -0.198. The molecule has 5 aliphatic carbocycles. The van der Waals surface area contributed by atoms with Gasteiger partial charge in [0.15, 0.2) is 0 Å². The number of hydrogen-bond acceptors (Lipinski definition) is 6. The minimum Gasteiger partial charge on any atom is -0.465 e. The highest BCUT2D eigenvalue weighted by molar-refractivity contribution is 5.67. The third kappa shape index (κ3) is 4.51. The fourth-order valence-corrected chi connectivity index (χ4v) is 11.0. The zero-order valence-corrected chi connectivity index (χ0v) is 27.8. The Morgan fingerprint density at radius 2 is 1.45 bits per heavy atom. The molecule has 9 unspecified atom stereocenters. The van der Waals surface area contributed by atoms with Crippen LogP contribution in [0.3, 0.4) is 0 Å². The van der Waals surface area contributed by atoms with Crippen LogP contribution in [0.1, 0.15) is 121 Å². The quantitative estimate of drug-likeness (QED) is 0.249. The minimum atomic E-state index is -0.305. The number of fused-ring (bicyclic) bond motifs is 6. The highest BCUT2D eigenvalue weighted by Crippen LogP contribution is 2.74. The van der Waals surface area contributed by atoms with Gasteiger partial charge >= 0.3 is 17.9 Å². The van der Waals surface area contributed by atoms with Crippen LogP contribution in [0.2, 0.25) is 0 Å². The van der Waals surface area contributed by atoms with Crippen LogP contribution in [-0.2, 0) is 28.6 Å². The molecule has 5 aliphatic rings. The van der Waals surface area contributed by atoms with Gasteiger partial charge in [0.1, 0.15) is 12.2 Å². The maximum absolute atomic E-state index is 12.3. The molecule has 0 aromatic carbocycles. The largest absolute Gasteiger partial charge is 0.465 e. The van der Waals surface area contributed by atoms with E-state index in [1.165, 1.54) is 31.9 Å². The average molecular weight is 583 g/mol. The highest BCUT2D eigenvalue weighted by atomic mass is 16.6. The maximum atomic E-state index is 12.3. The number of carbonyl (C=O) groups is 3. The lowest BCUT2D eigenvalue weighted by atomic mass is 9.35. The topological polar surface area (TPSA) is 78.9 Å². The molecule has 3 saturated carbocycles. The van der Waals surface area contributed by atoms with Crippen LogP contribution in [0.5, 0.6) is 0 Å². The van der Waals surface area contributed by atoms with E-state index in [-0.39, 0.29) is 62.6 Å². The number of esters is 3. The zero-order chi connectivity index (χ0) is 31.1. The molecule has 5 rings (SSSR count). The van der Waals surface area contributed by atoms with Crippen molar-refractivity contribution in [1.29, 1.82) is 0 Å². The summed E-state index contributed by atoms with van der Waals surface area (Å²) in [6.07, 6.45) is 12.4. The maximum Gasteiger partial charge on any atom is 0.302 e. The van der Waals surface area contributed by atoms with E-state index >= 15 is 0 Å². The Morgan fingerprint density at radius 3 is 2.07 bits per heavy atom. The monoisotopic (exact) mass is 582 g/mol. The Bertz CT molecular complexity index is 1230. The van der Waals surface area contributed by atoms with Crippen LogP contribution in [-0.4, -0.2) is 36.7 Å². The van der Waals surface area contributed by atoms with Crippen molar-refractivity contribution in [3.05, 3.63) is 23.3 Å². The van der Waals surface area contributed by atoms with Crippen molar-refractivity contribution in [3.63, 3.8) is 0 Å². The third-order valence-electron chi connectivity index (χ3n) is 13.5. The second kappa shape index (κ2) is 9.95. The van der Waals surface area contributed by atoms with Gasteiger partial charge < -0.3 is 14.2 Å². The Balaban J connectivity index is 1.60. The predicted octanol–water partition coefficient (Wildman–Crippen LogP) is 7.74. The van der Waals surface area contributed by atoms with Gasteiger partial charge in [0, 0.05) is 37.0 Å². The molecule has 0 aromatic rings. The third-order valence-corrected chi connectivity index (χ3v) is 13.5. The number of allylic oxidation sites excluding steroid dienone is 3. The van der Waals surface area contributed by atoms with Gasteiger partial charge in [-0.25, -0.2) is 0 Å². The summed E-state index contributed by atoms with van der Waals surface area (Å²) in [4.78, 5) is 36.1. The SMILES string of the molecule is CC(=O)OCC1(C)CC2=C3C=CC4C5(C)CCC(OC(C)=O)C(C)(C)C5CCC4(C)C3(C)CCC2(C)C(OC(C)=O)C1. The lowest BCUT2D eigenvalue weighted by Crippen LogP contribution is -2.63. The summed E-state index contributed by atoms with van der Waals surface area (Å²) in [5.41, 5.74) is 2.35. The van der Waals surface area contributed by atoms with Crippen LogP contribution in [0.4, 0.5) is 0 Å². The molecule has 6 nitrogen and oxygen atoms in total. The molecule has 0 N–H and O–H groups in total. The van der Waals surface area contributed by atoms with Gasteiger partial charge in [0.25, 0.3) is 0 Å². The van der Waals surface area contributed by atoms with Crippen LogP contribution >= 0.6 is 0 Å². The zero-order valence-electron chi connectivity index (χ0n) is 27.8. The number of rotatable bonds is 4. The van der Waals surface area contributed by atoms with Crippen LogP contribution in [0.25, 0.3) is 0 Å². The first-order valence-corrected chi connectivity index (χ1v) is 16.2. The van der Waals surface area contributed by atoms with E-state index in [0.29, 0.717) is 24.9 Å². The van der Waals surface area contributed by atoms with E-state index in [9.17, 15) is 14.4 Å². The molecule has 0 amide bonds. The summed E-state index contributed by atoms with van der Waals surface area (Å²) in [7, 11) is 0. The molecule has 0 bridgehead atoms. The molecule has 0 spiro atoms. The summed E-state index contributed by atoms with van der Waals surface area (Å²) < 4.78 is 17.6. The number of hydrogen-bond donors (Lipinski definition) is 0. The van der Waals surface area contributed by atoms with Crippen molar-refractivity contribution in [2.45, 2.75) is 133 Å². The van der Waals surface area contributed by atoms with E-state index in [4.69, 9.17) is 14.2 Å². The molecule has 9 atom stereocenters. The van der Waals surface area contributed by atoms with Gasteiger partial charge in [-0.1, -0.05) is 66.2 Å². The first-order chi connectivity index (χ1) is 19.3. The fraction of sp³-hybridized carbons (Fsp3) is 0.806. The fourth-order valence-electron chi connectivity index (χ4n) is 11.0. The van der Waals surface area contributed by atoms with Crippen LogP contribution < -0.4 is 0 Å². The Kier molecular flexibility index (Phi) is 7.42. The van der Waals surface area contributed by atoms with Crippen molar-refractivity contribution < 1.29 is 28.6 Å². The van der Waals surface area contributed by atoms with Gasteiger partial charge in [0.05, 0.1) is 6.61 Å². The summed E-state index contributed by atoms with van der Waals surface area (Å²) in [5.74, 6) is 0.182. The molecule has 0 aromatic heterocycles. The van der Waals surface area contributed by atoms with Crippen molar-refractivity contribution in [2.75, 3.05) is 6.61 Å². The molecule has 0 radical (unpaired) electrons. The Labute approximate surface area is 253 Å². The van der Waals surface area contributed by atoms with Crippen molar-refractivity contribution in [3.8, 4) is 0 Å². The first kappa shape index (κ1) is 31.3. The molecular formula is C36H54O6. The second-order valence-electron chi connectivity index (χ2n) is 16.5. The van der Waals surface area contributed by atoms with Crippen molar-refractivity contribution in [1.82, 2.24) is 0 Å². The first-order valence-electron chi connectivity index (χ1n) is 16.2. The smallest absolute Gasteiger partial charge is 0.302 e. The van der Waals surface area contributed by atoms with Crippen LogP contribution in [0.15, 0.2) is 23.3 Å². The molecule has 234 valence electrons. The van der Waals surface area contributed by atoms with Gasteiger partial charge in [-0.05, 0) is 85.0 Å². The average Bonchev–Trinajstić information content (AvgIpc) is 2.86.